The highest BCUT2D eigenvalue weighted by molar-refractivity contribution is 5.97. The number of rotatable bonds is 6. The van der Waals surface area contributed by atoms with E-state index in [1.54, 1.807) is 36.2 Å². The lowest BCUT2D eigenvalue weighted by atomic mass is 10.2. The van der Waals surface area contributed by atoms with Gasteiger partial charge in [-0.3, -0.25) is 4.79 Å². The molecule has 1 amide bonds. The minimum Gasteiger partial charge on any atom is -0.494 e. The third-order valence-corrected chi connectivity index (χ3v) is 4.58. The highest BCUT2D eigenvalue weighted by Crippen LogP contribution is 2.23. The van der Waals surface area contributed by atoms with Crippen LogP contribution in [0.4, 0.5) is 0 Å². The number of oxazole rings is 1. The quantitative estimate of drug-likeness (QED) is 0.536. The monoisotopic (exact) mass is 390 g/mol. The topological polar surface area (TPSA) is 82.2 Å². The summed E-state index contributed by atoms with van der Waals surface area (Å²) in [5.74, 6) is 1.42. The number of amides is 1. The molecule has 0 aliphatic carbocycles. The molecule has 4 rings (SSSR count). The Balaban J connectivity index is 1.46. The molecule has 29 heavy (non-hydrogen) atoms. The number of methoxy groups -OCH3 is 1. The number of hydrogen-bond donors (Lipinski definition) is 1. The van der Waals surface area contributed by atoms with E-state index in [4.69, 9.17) is 9.15 Å². The maximum Gasteiger partial charge on any atom is 0.251 e. The Hall–Kier alpha value is -3.61. The summed E-state index contributed by atoms with van der Waals surface area (Å²) in [7, 11) is 1.62. The molecule has 0 saturated carbocycles. The first kappa shape index (κ1) is 18.7. The number of aromatic nitrogens is 3. The number of nitrogens with one attached hydrogen (secondary N) is 1. The van der Waals surface area contributed by atoms with Gasteiger partial charge in [0.05, 0.1) is 13.3 Å². The molecule has 1 N–H and O–H groups in total. The third kappa shape index (κ3) is 3.85. The zero-order valence-electron chi connectivity index (χ0n) is 16.5. The van der Waals surface area contributed by atoms with Crippen molar-refractivity contribution in [2.75, 3.05) is 7.11 Å². The Morgan fingerprint density at radius 1 is 1.24 bits per heavy atom. The molecule has 0 unspecified atom stereocenters. The molecule has 0 spiro atoms. The number of ether oxygens (including phenoxy) is 1. The van der Waals surface area contributed by atoms with Crippen LogP contribution in [0.15, 0.2) is 59.3 Å². The van der Waals surface area contributed by atoms with Crippen molar-refractivity contribution < 1.29 is 13.9 Å². The summed E-state index contributed by atoms with van der Waals surface area (Å²) in [6.07, 6.45) is 3.59. The first-order chi connectivity index (χ1) is 14.0. The first-order valence-corrected chi connectivity index (χ1v) is 9.41. The van der Waals surface area contributed by atoms with E-state index in [2.05, 4.69) is 15.4 Å². The molecule has 2 aromatic carbocycles. The number of fused-ring (bicyclic) bond motifs is 1. The third-order valence-electron chi connectivity index (χ3n) is 4.58. The van der Waals surface area contributed by atoms with Gasteiger partial charge in [0, 0.05) is 29.8 Å². The van der Waals surface area contributed by atoms with Crippen molar-refractivity contribution in [3.63, 3.8) is 0 Å². The Bertz CT molecular complexity index is 1160. The van der Waals surface area contributed by atoms with Gasteiger partial charge in [-0.05, 0) is 30.3 Å². The van der Waals surface area contributed by atoms with Crippen LogP contribution >= 0.6 is 0 Å². The summed E-state index contributed by atoms with van der Waals surface area (Å²) in [5.41, 5.74) is 3.63. The van der Waals surface area contributed by atoms with Gasteiger partial charge in [0.15, 0.2) is 11.5 Å². The summed E-state index contributed by atoms with van der Waals surface area (Å²) in [6, 6.07) is 12.9. The summed E-state index contributed by atoms with van der Waals surface area (Å²) in [4.78, 5) is 17.0. The molecule has 0 atom stereocenters. The summed E-state index contributed by atoms with van der Waals surface area (Å²) < 4.78 is 12.8. The van der Waals surface area contributed by atoms with Gasteiger partial charge in [0.2, 0.25) is 0 Å². The van der Waals surface area contributed by atoms with Crippen molar-refractivity contribution in [3.05, 3.63) is 71.9 Å². The van der Waals surface area contributed by atoms with E-state index in [-0.39, 0.29) is 11.8 Å². The number of hydrogen-bond acceptors (Lipinski definition) is 5. The maximum atomic E-state index is 12.6. The van der Waals surface area contributed by atoms with Crippen LogP contribution in [0.3, 0.4) is 0 Å². The van der Waals surface area contributed by atoms with Gasteiger partial charge in [-0.25, -0.2) is 9.67 Å². The normalized spacial score (nSPS) is 11.2. The Morgan fingerprint density at radius 2 is 2.07 bits per heavy atom. The van der Waals surface area contributed by atoms with E-state index in [9.17, 15) is 4.79 Å². The van der Waals surface area contributed by atoms with Gasteiger partial charge in [-0.2, -0.15) is 5.10 Å². The Labute approximate surface area is 168 Å². The minimum atomic E-state index is -0.175. The molecule has 0 bridgehead atoms. The largest absolute Gasteiger partial charge is 0.494 e. The molecule has 7 nitrogen and oxygen atoms in total. The van der Waals surface area contributed by atoms with Crippen LogP contribution in [-0.2, 0) is 6.54 Å². The van der Waals surface area contributed by atoms with E-state index in [1.165, 1.54) is 0 Å². The molecular weight excluding hydrogens is 368 g/mol. The van der Waals surface area contributed by atoms with E-state index in [0.29, 0.717) is 29.1 Å². The fourth-order valence-electron chi connectivity index (χ4n) is 3.02. The minimum absolute atomic E-state index is 0.175. The van der Waals surface area contributed by atoms with Gasteiger partial charge in [0.25, 0.3) is 5.91 Å². The van der Waals surface area contributed by atoms with Gasteiger partial charge in [0.1, 0.15) is 17.0 Å². The van der Waals surface area contributed by atoms with Crippen LogP contribution in [0.1, 0.15) is 41.6 Å². The average Bonchev–Trinajstić information content (AvgIpc) is 3.38. The van der Waals surface area contributed by atoms with Crippen LogP contribution in [0, 0.1) is 0 Å². The fourth-order valence-corrected chi connectivity index (χ4v) is 3.02. The molecule has 0 aliphatic rings. The van der Waals surface area contributed by atoms with Crippen molar-refractivity contribution in [1.29, 1.82) is 0 Å². The van der Waals surface area contributed by atoms with Crippen LogP contribution < -0.4 is 10.1 Å². The average molecular weight is 390 g/mol. The molecule has 2 aromatic heterocycles. The molecule has 4 aromatic rings. The Kier molecular flexibility index (Phi) is 5.03. The smallest absolute Gasteiger partial charge is 0.251 e. The van der Waals surface area contributed by atoms with E-state index >= 15 is 0 Å². The van der Waals surface area contributed by atoms with Crippen LogP contribution in [-0.4, -0.2) is 27.8 Å². The van der Waals surface area contributed by atoms with Gasteiger partial charge >= 0.3 is 0 Å². The first-order valence-electron chi connectivity index (χ1n) is 9.41. The van der Waals surface area contributed by atoms with Crippen molar-refractivity contribution >= 4 is 17.0 Å². The highest BCUT2D eigenvalue weighted by Gasteiger charge is 2.13. The summed E-state index contributed by atoms with van der Waals surface area (Å²) in [6.45, 7) is 4.40. The molecule has 0 saturated heterocycles. The predicted molar refractivity (Wildman–Crippen MR) is 109 cm³/mol. The van der Waals surface area contributed by atoms with Crippen molar-refractivity contribution in [1.82, 2.24) is 20.1 Å². The second-order valence-electron chi connectivity index (χ2n) is 7.04. The molecule has 7 heteroatoms. The zero-order valence-corrected chi connectivity index (χ0v) is 16.5. The molecule has 148 valence electrons. The standard InChI is InChI=1S/C22H22N4O3/c1-14(2)22-25-17-10-16(8-9-19(17)29-22)21(27)23-11-15-12-24-26(13-15)18-6-4-5-7-20(18)28-3/h4-10,12-14H,11H2,1-3H3,(H,23,27). The van der Waals surface area contributed by atoms with Crippen LogP contribution in [0.5, 0.6) is 5.75 Å². The number of carbonyl (C=O) groups is 1. The molecule has 0 aliphatic heterocycles. The highest BCUT2D eigenvalue weighted by atomic mass is 16.5. The lowest BCUT2D eigenvalue weighted by Crippen LogP contribution is -2.22. The van der Waals surface area contributed by atoms with E-state index in [1.807, 2.05) is 44.3 Å². The van der Waals surface area contributed by atoms with Gasteiger partial charge < -0.3 is 14.5 Å². The number of para-hydroxylation sites is 2. The number of carbonyl (C=O) groups excluding carboxylic acids is 1. The van der Waals surface area contributed by atoms with E-state index < -0.39 is 0 Å². The number of nitrogens with zero attached hydrogens (tertiary/aromatic N) is 3. The van der Waals surface area contributed by atoms with Crippen molar-refractivity contribution in [2.24, 2.45) is 0 Å². The van der Waals surface area contributed by atoms with Gasteiger partial charge in [-0.15, -0.1) is 0 Å². The molecule has 0 fully saturated rings. The van der Waals surface area contributed by atoms with Crippen molar-refractivity contribution in [2.45, 2.75) is 26.3 Å². The molecule has 0 radical (unpaired) electrons. The second kappa shape index (κ2) is 7.79. The van der Waals surface area contributed by atoms with Crippen LogP contribution in [0.25, 0.3) is 16.8 Å². The van der Waals surface area contributed by atoms with Crippen molar-refractivity contribution in [3.8, 4) is 11.4 Å². The lowest BCUT2D eigenvalue weighted by molar-refractivity contribution is 0.0951. The number of benzene rings is 2. The lowest BCUT2D eigenvalue weighted by Gasteiger charge is -2.07. The zero-order chi connectivity index (χ0) is 20.4. The van der Waals surface area contributed by atoms with Gasteiger partial charge in [-0.1, -0.05) is 26.0 Å². The predicted octanol–water partition coefficient (Wildman–Crippen LogP) is 4.08. The summed E-state index contributed by atoms with van der Waals surface area (Å²) in [5, 5.41) is 7.29. The molecule has 2 heterocycles. The maximum absolute atomic E-state index is 12.6. The van der Waals surface area contributed by atoms with Crippen LogP contribution in [0.2, 0.25) is 0 Å². The SMILES string of the molecule is COc1ccccc1-n1cc(CNC(=O)c2ccc3oc(C(C)C)nc3c2)cn1. The fraction of sp³-hybridized carbons (Fsp3) is 0.227. The summed E-state index contributed by atoms with van der Waals surface area (Å²) >= 11 is 0. The second-order valence-corrected chi connectivity index (χ2v) is 7.04. The van der Waals surface area contributed by atoms with E-state index in [0.717, 1.165) is 17.0 Å². The Morgan fingerprint density at radius 3 is 2.86 bits per heavy atom. The molecular formula is C22H22N4O3.